The molecule has 0 unspecified atom stereocenters. The van der Waals surface area contributed by atoms with Gasteiger partial charge in [-0.05, 0) is 41.5 Å². The first kappa shape index (κ1) is 14.4. The standard InChI is InChI=1S/C15H13ClO4/c16-11-3-1-2-10(8-11)14-9-12(20-7-6-17)4-5-13(14)15(18)19/h1-5,8-9,17H,6-7H2,(H,18,19). The Labute approximate surface area is 121 Å². The first-order valence-electron chi connectivity index (χ1n) is 5.99. The quantitative estimate of drug-likeness (QED) is 0.889. The number of benzene rings is 2. The Morgan fingerprint density at radius 3 is 2.65 bits per heavy atom. The predicted molar refractivity (Wildman–Crippen MR) is 76.4 cm³/mol. The van der Waals surface area contributed by atoms with E-state index < -0.39 is 5.97 Å². The lowest BCUT2D eigenvalue weighted by atomic mass is 9.99. The zero-order valence-electron chi connectivity index (χ0n) is 10.5. The van der Waals surface area contributed by atoms with E-state index in [9.17, 15) is 9.90 Å². The minimum Gasteiger partial charge on any atom is -0.491 e. The molecule has 2 aromatic carbocycles. The van der Waals surface area contributed by atoms with Crippen LogP contribution in [0.2, 0.25) is 5.02 Å². The Hall–Kier alpha value is -2.04. The van der Waals surface area contributed by atoms with Gasteiger partial charge >= 0.3 is 5.97 Å². The van der Waals surface area contributed by atoms with Crippen molar-refractivity contribution in [3.8, 4) is 16.9 Å². The van der Waals surface area contributed by atoms with Gasteiger partial charge < -0.3 is 14.9 Å². The van der Waals surface area contributed by atoms with Crippen LogP contribution in [0.3, 0.4) is 0 Å². The average molecular weight is 293 g/mol. The Morgan fingerprint density at radius 1 is 1.20 bits per heavy atom. The van der Waals surface area contributed by atoms with E-state index in [4.69, 9.17) is 21.4 Å². The zero-order chi connectivity index (χ0) is 14.5. The van der Waals surface area contributed by atoms with E-state index in [2.05, 4.69) is 0 Å². The van der Waals surface area contributed by atoms with Gasteiger partial charge in [0.15, 0.2) is 0 Å². The van der Waals surface area contributed by atoms with Crippen LogP contribution >= 0.6 is 11.6 Å². The SMILES string of the molecule is O=C(O)c1ccc(OCCO)cc1-c1cccc(Cl)c1. The first-order chi connectivity index (χ1) is 9.61. The summed E-state index contributed by atoms with van der Waals surface area (Å²) in [6.07, 6.45) is 0. The molecule has 0 saturated heterocycles. The normalized spacial score (nSPS) is 10.3. The molecule has 20 heavy (non-hydrogen) atoms. The molecule has 0 fully saturated rings. The van der Waals surface area contributed by atoms with E-state index in [1.165, 1.54) is 6.07 Å². The van der Waals surface area contributed by atoms with Crippen molar-refractivity contribution in [2.24, 2.45) is 0 Å². The number of carbonyl (C=O) groups is 1. The van der Waals surface area contributed by atoms with E-state index in [1.54, 1.807) is 36.4 Å². The van der Waals surface area contributed by atoms with Gasteiger partial charge in [0.1, 0.15) is 12.4 Å². The van der Waals surface area contributed by atoms with E-state index in [0.29, 0.717) is 21.9 Å². The maximum Gasteiger partial charge on any atom is 0.336 e. The van der Waals surface area contributed by atoms with Crippen molar-refractivity contribution >= 4 is 17.6 Å². The van der Waals surface area contributed by atoms with Gasteiger partial charge in [0.25, 0.3) is 0 Å². The summed E-state index contributed by atoms with van der Waals surface area (Å²) in [6.45, 7) is 0.0502. The Balaban J connectivity index is 2.49. The third kappa shape index (κ3) is 3.29. The van der Waals surface area contributed by atoms with Gasteiger partial charge in [0.2, 0.25) is 0 Å². The number of halogens is 1. The van der Waals surface area contributed by atoms with Gasteiger partial charge in [-0.2, -0.15) is 0 Å². The highest BCUT2D eigenvalue weighted by Gasteiger charge is 2.13. The topological polar surface area (TPSA) is 66.8 Å². The van der Waals surface area contributed by atoms with Crippen LogP contribution in [0.1, 0.15) is 10.4 Å². The first-order valence-corrected chi connectivity index (χ1v) is 6.36. The highest BCUT2D eigenvalue weighted by atomic mass is 35.5. The summed E-state index contributed by atoms with van der Waals surface area (Å²) in [5.74, 6) is -0.521. The fourth-order valence-electron chi connectivity index (χ4n) is 1.86. The summed E-state index contributed by atoms with van der Waals surface area (Å²) in [7, 11) is 0. The van der Waals surface area contributed by atoms with Crippen LogP contribution < -0.4 is 4.74 Å². The lowest BCUT2D eigenvalue weighted by molar-refractivity contribution is 0.0697. The Bertz CT molecular complexity index is 625. The van der Waals surface area contributed by atoms with Gasteiger partial charge in [0.05, 0.1) is 12.2 Å². The summed E-state index contributed by atoms with van der Waals surface area (Å²) in [6, 6.07) is 11.6. The van der Waals surface area contributed by atoms with Crippen LogP contribution in [0, 0.1) is 0 Å². The summed E-state index contributed by atoms with van der Waals surface area (Å²) in [5.41, 5.74) is 1.39. The van der Waals surface area contributed by atoms with Crippen molar-refractivity contribution in [2.45, 2.75) is 0 Å². The molecule has 0 spiro atoms. The summed E-state index contributed by atoms with van der Waals surface area (Å²) in [5, 5.41) is 18.5. The third-order valence-corrected chi connectivity index (χ3v) is 2.95. The number of aliphatic hydroxyl groups excluding tert-OH is 1. The fourth-order valence-corrected chi connectivity index (χ4v) is 2.05. The number of aromatic carboxylic acids is 1. The lowest BCUT2D eigenvalue weighted by Crippen LogP contribution is -2.04. The van der Waals surface area contributed by atoms with Gasteiger partial charge in [-0.1, -0.05) is 23.7 Å². The highest BCUT2D eigenvalue weighted by Crippen LogP contribution is 2.29. The molecule has 5 heteroatoms. The van der Waals surface area contributed by atoms with Crippen molar-refractivity contribution in [1.29, 1.82) is 0 Å². The van der Waals surface area contributed by atoms with Crippen molar-refractivity contribution in [1.82, 2.24) is 0 Å². The summed E-state index contributed by atoms with van der Waals surface area (Å²) < 4.78 is 5.31. The second-order valence-electron chi connectivity index (χ2n) is 4.09. The van der Waals surface area contributed by atoms with Gasteiger partial charge in [-0.25, -0.2) is 4.79 Å². The lowest BCUT2D eigenvalue weighted by Gasteiger charge is -2.10. The van der Waals surface area contributed by atoms with Crippen LogP contribution in [0.25, 0.3) is 11.1 Å². The van der Waals surface area contributed by atoms with E-state index >= 15 is 0 Å². The number of aliphatic hydroxyl groups is 1. The van der Waals surface area contributed by atoms with Gasteiger partial charge in [0, 0.05) is 5.02 Å². The van der Waals surface area contributed by atoms with Crippen molar-refractivity contribution in [3.05, 3.63) is 53.1 Å². The van der Waals surface area contributed by atoms with Crippen LogP contribution in [0.5, 0.6) is 5.75 Å². The molecule has 2 aromatic rings. The number of rotatable bonds is 5. The van der Waals surface area contributed by atoms with Crippen molar-refractivity contribution in [2.75, 3.05) is 13.2 Å². The molecule has 0 aromatic heterocycles. The van der Waals surface area contributed by atoms with Gasteiger partial charge in [-0.15, -0.1) is 0 Å². The van der Waals surface area contributed by atoms with E-state index in [-0.39, 0.29) is 18.8 Å². The molecule has 2 rings (SSSR count). The molecule has 0 heterocycles. The minimum atomic E-state index is -1.02. The molecule has 0 amide bonds. The molecule has 0 aliphatic heterocycles. The summed E-state index contributed by atoms with van der Waals surface area (Å²) in [4.78, 5) is 11.3. The largest absolute Gasteiger partial charge is 0.491 e. The minimum absolute atomic E-state index is 0.104. The molecule has 0 aliphatic carbocycles. The van der Waals surface area contributed by atoms with Crippen LogP contribution in [0.4, 0.5) is 0 Å². The molecule has 0 saturated carbocycles. The van der Waals surface area contributed by atoms with Crippen LogP contribution in [-0.2, 0) is 0 Å². The molecule has 2 N–H and O–H groups in total. The second-order valence-corrected chi connectivity index (χ2v) is 4.53. The number of carboxylic acid groups (broad SMARTS) is 1. The predicted octanol–water partition coefficient (Wildman–Crippen LogP) is 3.08. The zero-order valence-corrected chi connectivity index (χ0v) is 11.3. The molecule has 104 valence electrons. The number of hydrogen-bond donors (Lipinski definition) is 2. The molecule has 0 aliphatic rings. The molecule has 0 bridgehead atoms. The number of hydrogen-bond acceptors (Lipinski definition) is 3. The smallest absolute Gasteiger partial charge is 0.336 e. The number of ether oxygens (including phenoxy) is 1. The maximum absolute atomic E-state index is 11.3. The van der Waals surface area contributed by atoms with E-state index in [1.807, 2.05) is 0 Å². The Kier molecular flexibility index (Phi) is 4.61. The average Bonchev–Trinajstić information content (AvgIpc) is 2.44. The fraction of sp³-hybridized carbons (Fsp3) is 0.133. The molecule has 4 nitrogen and oxygen atoms in total. The van der Waals surface area contributed by atoms with Crippen molar-refractivity contribution < 1.29 is 19.7 Å². The highest BCUT2D eigenvalue weighted by molar-refractivity contribution is 6.30. The second kappa shape index (κ2) is 6.41. The molecular weight excluding hydrogens is 280 g/mol. The van der Waals surface area contributed by atoms with Gasteiger partial charge in [-0.3, -0.25) is 0 Å². The van der Waals surface area contributed by atoms with Crippen molar-refractivity contribution in [3.63, 3.8) is 0 Å². The third-order valence-electron chi connectivity index (χ3n) is 2.72. The summed E-state index contributed by atoms with van der Waals surface area (Å²) >= 11 is 5.94. The molecular formula is C15H13ClO4. The Morgan fingerprint density at radius 2 is 2.00 bits per heavy atom. The van der Waals surface area contributed by atoms with Crippen LogP contribution in [0.15, 0.2) is 42.5 Å². The maximum atomic E-state index is 11.3. The van der Waals surface area contributed by atoms with E-state index in [0.717, 1.165) is 0 Å². The number of carboxylic acids is 1. The van der Waals surface area contributed by atoms with Crippen LogP contribution in [-0.4, -0.2) is 29.4 Å². The monoisotopic (exact) mass is 292 g/mol. The molecule has 0 radical (unpaired) electrons. The molecule has 0 atom stereocenters.